The largest absolute Gasteiger partial charge is 0.448 e. The first-order chi connectivity index (χ1) is 5.66. The van der Waals surface area contributed by atoms with Crippen LogP contribution in [0.15, 0.2) is 36.9 Å². The Morgan fingerprint density at radius 3 is 1.92 bits per heavy atom. The molecule has 0 unspecified atom stereocenters. The maximum Gasteiger partial charge on any atom is 0.448 e. The molecule has 1 aromatic carbocycles. The van der Waals surface area contributed by atoms with Crippen LogP contribution in [0.4, 0.5) is 0 Å². The van der Waals surface area contributed by atoms with Crippen LogP contribution in [0.1, 0.15) is 5.56 Å². The van der Waals surface area contributed by atoms with Crippen molar-refractivity contribution in [3.05, 3.63) is 42.5 Å². The molecule has 0 aromatic heterocycles. The second-order valence-electron chi connectivity index (χ2n) is 2.25. The normalized spacial score (nSPS) is 7.92. The van der Waals surface area contributed by atoms with Crippen molar-refractivity contribution in [2.24, 2.45) is 0 Å². The highest BCUT2D eigenvalue weighted by atomic mass is 16.4. The van der Waals surface area contributed by atoms with Gasteiger partial charge in [0.1, 0.15) is 0 Å². The van der Waals surface area contributed by atoms with Crippen molar-refractivity contribution in [1.82, 2.24) is 0 Å². The molecule has 3 heteroatoms. The lowest BCUT2D eigenvalue weighted by molar-refractivity contribution is 0.417. The minimum absolute atomic E-state index is 1.17. The molecule has 0 radical (unpaired) electrons. The Labute approximate surface area is 73.3 Å². The van der Waals surface area contributed by atoms with E-state index in [-0.39, 0.29) is 0 Å². The lowest BCUT2D eigenvalue weighted by atomic mass is 9.99. The van der Waals surface area contributed by atoms with E-state index in [1.54, 1.807) is 0 Å². The average Bonchev–Trinajstić information content (AvgIpc) is 2.05. The van der Waals surface area contributed by atoms with Crippen LogP contribution in [0.5, 0.6) is 0 Å². The number of hydrogen-bond donors (Lipinski definition) is 2. The van der Waals surface area contributed by atoms with Gasteiger partial charge in [-0.15, -0.1) is 0 Å². The zero-order valence-electron chi connectivity index (χ0n) is 7.14. The standard InChI is InChI=1S/C8H8.CH5BO2/c1-2-8-6-4-3-5-7-8;1-2(3)4/h2-7H,1H2;3-4H,1H3. The summed E-state index contributed by atoms with van der Waals surface area (Å²) in [4.78, 5) is 0. The van der Waals surface area contributed by atoms with Gasteiger partial charge in [-0.3, -0.25) is 0 Å². The Kier molecular flexibility index (Phi) is 6.06. The Balaban J connectivity index is 0.000000261. The van der Waals surface area contributed by atoms with E-state index in [4.69, 9.17) is 10.0 Å². The highest BCUT2D eigenvalue weighted by Crippen LogP contribution is 1.97. The second kappa shape index (κ2) is 6.64. The molecule has 0 fully saturated rings. The monoisotopic (exact) mass is 164 g/mol. The molecule has 0 aliphatic rings. The fraction of sp³-hybridized carbons (Fsp3) is 0.111. The molecule has 0 saturated heterocycles. The van der Waals surface area contributed by atoms with Gasteiger partial charge in [-0.25, -0.2) is 0 Å². The Bertz CT molecular complexity index is 206. The molecule has 1 aromatic rings. The zero-order valence-corrected chi connectivity index (χ0v) is 7.14. The molecule has 0 atom stereocenters. The first-order valence-corrected chi connectivity index (χ1v) is 3.70. The highest BCUT2D eigenvalue weighted by Gasteiger charge is 1.86. The lowest BCUT2D eigenvalue weighted by Crippen LogP contribution is -2.00. The van der Waals surface area contributed by atoms with Crippen LogP contribution in [0.2, 0.25) is 6.82 Å². The van der Waals surface area contributed by atoms with Crippen molar-refractivity contribution in [1.29, 1.82) is 0 Å². The first-order valence-electron chi connectivity index (χ1n) is 3.70. The molecule has 2 N–H and O–H groups in total. The molecule has 0 heterocycles. The Morgan fingerprint density at radius 2 is 1.67 bits per heavy atom. The number of benzene rings is 1. The molecule has 0 aliphatic heterocycles. The minimum atomic E-state index is -1.17. The van der Waals surface area contributed by atoms with Gasteiger partial charge in [0.2, 0.25) is 0 Å². The zero-order chi connectivity index (χ0) is 9.40. The van der Waals surface area contributed by atoms with Gasteiger partial charge in [0.25, 0.3) is 0 Å². The molecule has 64 valence electrons. The van der Waals surface area contributed by atoms with Crippen molar-refractivity contribution in [2.75, 3.05) is 0 Å². The van der Waals surface area contributed by atoms with Gasteiger partial charge in [-0.05, 0) is 12.4 Å². The van der Waals surface area contributed by atoms with Crippen LogP contribution >= 0.6 is 0 Å². The van der Waals surface area contributed by atoms with Crippen molar-refractivity contribution >= 4 is 13.2 Å². The van der Waals surface area contributed by atoms with E-state index in [0.717, 1.165) is 0 Å². The molecule has 0 bridgehead atoms. The minimum Gasteiger partial charge on any atom is -0.427 e. The van der Waals surface area contributed by atoms with Gasteiger partial charge in [0.15, 0.2) is 0 Å². The molecule has 0 amide bonds. The van der Waals surface area contributed by atoms with Crippen molar-refractivity contribution in [3.8, 4) is 0 Å². The van der Waals surface area contributed by atoms with E-state index in [2.05, 4.69) is 6.58 Å². The summed E-state index contributed by atoms with van der Waals surface area (Å²) in [5.74, 6) is 0. The summed E-state index contributed by atoms with van der Waals surface area (Å²) in [6.07, 6.45) is 1.83. The molecular weight excluding hydrogens is 151 g/mol. The van der Waals surface area contributed by atoms with Crippen LogP contribution in [-0.2, 0) is 0 Å². The summed E-state index contributed by atoms with van der Waals surface area (Å²) in [6, 6.07) is 10.0. The molecule has 0 aliphatic carbocycles. The molecular formula is C9H13BO2. The van der Waals surface area contributed by atoms with Gasteiger partial charge in [-0.1, -0.05) is 43.0 Å². The van der Waals surface area contributed by atoms with Crippen LogP contribution in [0.3, 0.4) is 0 Å². The van der Waals surface area contributed by atoms with Gasteiger partial charge >= 0.3 is 7.12 Å². The van der Waals surface area contributed by atoms with E-state index in [9.17, 15) is 0 Å². The predicted molar refractivity (Wildman–Crippen MR) is 52.6 cm³/mol. The molecule has 0 saturated carbocycles. The third-order valence-corrected chi connectivity index (χ3v) is 1.04. The van der Waals surface area contributed by atoms with Crippen LogP contribution < -0.4 is 0 Å². The van der Waals surface area contributed by atoms with Crippen LogP contribution in [0, 0.1) is 0 Å². The van der Waals surface area contributed by atoms with Crippen molar-refractivity contribution < 1.29 is 10.0 Å². The van der Waals surface area contributed by atoms with Crippen LogP contribution in [0.25, 0.3) is 6.08 Å². The fourth-order valence-electron chi connectivity index (χ4n) is 0.589. The molecule has 12 heavy (non-hydrogen) atoms. The topological polar surface area (TPSA) is 40.5 Å². The van der Waals surface area contributed by atoms with E-state index in [1.165, 1.54) is 12.4 Å². The Morgan fingerprint density at radius 1 is 1.25 bits per heavy atom. The van der Waals surface area contributed by atoms with Gasteiger partial charge < -0.3 is 10.0 Å². The Hall–Kier alpha value is -1.06. The maximum absolute atomic E-state index is 7.61. The number of rotatable bonds is 1. The summed E-state index contributed by atoms with van der Waals surface area (Å²) in [5.41, 5.74) is 1.17. The fourth-order valence-corrected chi connectivity index (χ4v) is 0.589. The van der Waals surface area contributed by atoms with E-state index >= 15 is 0 Å². The molecule has 2 nitrogen and oxygen atoms in total. The summed E-state index contributed by atoms with van der Waals surface area (Å²) in [6.45, 7) is 4.91. The molecule has 0 spiro atoms. The van der Waals surface area contributed by atoms with Crippen molar-refractivity contribution in [3.63, 3.8) is 0 Å². The smallest absolute Gasteiger partial charge is 0.427 e. The quantitative estimate of drug-likeness (QED) is 0.616. The highest BCUT2D eigenvalue weighted by molar-refractivity contribution is 6.38. The summed E-state index contributed by atoms with van der Waals surface area (Å²) in [5, 5.41) is 15.2. The van der Waals surface area contributed by atoms with E-state index < -0.39 is 7.12 Å². The SMILES string of the molecule is C=Cc1ccccc1.CB(O)O. The van der Waals surface area contributed by atoms with E-state index in [0.29, 0.717) is 0 Å². The third-order valence-electron chi connectivity index (χ3n) is 1.04. The average molecular weight is 164 g/mol. The summed E-state index contributed by atoms with van der Waals surface area (Å²) >= 11 is 0. The van der Waals surface area contributed by atoms with Gasteiger partial charge in [0, 0.05) is 0 Å². The molecule has 1 rings (SSSR count). The third kappa shape index (κ3) is 7.06. The maximum atomic E-state index is 7.61. The van der Waals surface area contributed by atoms with Crippen molar-refractivity contribution in [2.45, 2.75) is 6.82 Å². The lowest BCUT2D eigenvalue weighted by Gasteiger charge is -1.85. The predicted octanol–water partition coefficient (Wildman–Crippen LogP) is 1.42. The van der Waals surface area contributed by atoms with Gasteiger partial charge in [0.05, 0.1) is 0 Å². The summed E-state index contributed by atoms with van der Waals surface area (Å²) in [7, 11) is -1.17. The van der Waals surface area contributed by atoms with E-state index in [1.807, 2.05) is 36.4 Å². The summed E-state index contributed by atoms with van der Waals surface area (Å²) < 4.78 is 0. The number of hydrogen-bond acceptors (Lipinski definition) is 2. The first kappa shape index (κ1) is 10.9. The van der Waals surface area contributed by atoms with Gasteiger partial charge in [-0.2, -0.15) is 0 Å². The second-order valence-corrected chi connectivity index (χ2v) is 2.25. The van der Waals surface area contributed by atoms with Crippen LogP contribution in [-0.4, -0.2) is 17.2 Å².